The van der Waals surface area contributed by atoms with Crippen LogP contribution < -0.4 is 24.8 Å². The highest BCUT2D eigenvalue weighted by Gasteiger charge is 2.42. The smallest absolute Gasteiger partial charge is 0.162 e. The highest BCUT2D eigenvalue weighted by molar-refractivity contribution is 5.88. The van der Waals surface area contributed by atoms with Crippen molar-refractivity contribution in [3.63, 3.8) is 0 Å². The number of nitrogens with zero attached hydrogens (tertiary/aromatic N) is 1. The third-order valence-electron chi connectivity index (χ3n) is 6.83. The highest BCUT2D eigenvalue weighted by atomic mass is 19.1. The van der Waals surface area contributed by atoms with Crippen molar-refractivity contribution in [1.29, 1.82) is 0 Å². The van der Waals surface area contributed by atoms with E-state index in [9.17, 15) is 4.39 Å². The first-order valence-corrected chi connectivity index (χ1v) is 14.6. The fraction of sp³-hybridized carbons (Fsp3) is 0.306. The minimum atomic E-state index is -0.210. The Kier molecular flexibility index (Phi) is 13.6. The van der Waals surface area contributed by atoms with Crippen molar-refractivity contribution in [3.05, 3.63) is 103 Å². The number of benzene rings is 3. The van der Waals surface area contributed by atoms with Gasteiger partial charge in [0.05, 0.1) is 19.7 Å². The molecule has 2 N–H and O–H groups in total. The first-order valence-electron chi connectivity index (χ1n) is 14.6. The summed E-state index contributed by atoms with van der Waals surface area (Å²) in [5, 5.41) is 7.20. The van der Waals surface area contributed by atoms with Crippen LogP contribution in [0.5, 0.6) is 23.0 Å². The maximum atomic E-state index is 12.9. The number of fused-ring (bicyclic) bond motifs is 1. The maximum Gasteiger partial charge on any atom is 0.162 e. The summed E-state index contributed by atoms with van der Waals surface area (Å²) in [6.07, 6.45) is 5.86. The predicted octanol–water partition coefficient (Wildman–Crippen LogP) is 10.2. The zero-order valence-corrected chi connectivity index (χ0v) is 26.8. The Morgan fingerprint density at radius 1 is 0.907 bits per heavy atom. The number of allylic oxidation sites excluding steroid dienone is 1. The van der Waals surface area contributed by atoms with Crippen molar-refractivity contribution in [2.45, 2.75) is 47.5 Å². The SMILES string of the molecule is C=CC1(C(=C)Nc2ccc(F)cc2C)CC1.CC.CC.CNc1ccc(Oc2ccnc3cc(OC)c(OC)cc23)cc1. The molecule has 43 heavy (non-hydrogen) atoms. The number of pyridine rings is 1. The summed E-state index contributed by atoms with van der Waals surface area (Å²) in [6, 6.07) is 18.0. The number of ether oxygens (including phenoxy) is 3. The molecule has 0 radical (unpaired) electrons. The van der Waals surface area contributed by atoms with E-state index in [4.69, 9.17) is 14.2 Å². The van der Waals surface area contributed by atoms with E-state index in [0.29, 0.717) is 17.2 Å². The van der Waals surface area contributed by atoms with Gasteiger partial charge in [-0.1, -0.05) is 40.3 Å². The number of hydrogen-bond donors (Lipinski definition) is 2. The van der Waals surface area contributed by atoms with Gasteiger partial charge >= 0.3 is 0 Å². The summed E-state index contributed by atoms with van der Waals surface area (Å²) in [6.45, 7) is 17.8. The van der Waals surface area contributed by atoms with Crippen molar-refractivity contribution >= 4 is 22.3 Å². The molecule has 5 rings (SSSR count). The number of aromatic nitrogens is 1. The van der Waals surface area contributed by atoms with Crippen LogP contribution in [0.15, 0.2) is 91.8 Å². The van der Waals surface area contributed by atoms with Gasteiger partial charge in [0.25, 0.3) is 0 Å². The molecular formula is C36H46FN3O3. The molecule has 7 heteroatoms. The Bertz CT molecular complexity index is 1480. The van der Waals surface area contributed by atoms with E-state index in [0.717, 1.165) is 52.1 Å². The summed E-state index contributed by atoms with van der Waals surface area (Å²) in [7, 11) is 5.09. The van der Waals surface area contributed by atoms with E-state index in [1.165, 1.54) is 12.1 Å². The second-order valence-corrected chi connectivity index (χ2v) is 9.33. The monoisotopic (exact) mass is 587 g/mol. The lowest BCUT2D eigenvalue weighted by molar-refractivity contribution is 0.355. The van der Waals surface area contributed by atoms with Gasteiger partial charge in [0, 0.05) is 47.2 Å². The maximum absolute atomic E-state index is 12.9. The molecule has 0 atom stereocenters. The summed E-state index contributed by atoms with van der Waals surface area (Å²) in [5.74, 6) is 2.55. The predicted molar refractivity (Wildman–Crippen MR) is 179 cm³/mol. The van der Waals surface area contributed by atoms with Gasteiger partial charge in [-0.3, -0.25) is 4.98 Å². The highest BCUT2D eigenvalue weighted by Crippen LogP contribution is 2.52. The van der Waals surface area contributed by atoms with Gasteiger partial charge < -0.3 is 24.8 Å². The number of rotatable bonds is 9. The second kappa shape index (κ2) is 16.8. The van der Waals surface area contributed by atoms with Gasteiger partial charge in [0.2, 0.25) is 0 Å². The molecule has 230 valence electrons. The summed E-state index contributed by atoms with van der Waals surface area (Å²) in [4.78, 5) is 4.37. The lowest BCUT2D eigenvalue weighted by Crippen LogP contribution is -2.10. The van der Waals surface area contributed by atoms with E-state index in [2.05, 4.69) is 28.8 Å². The van der Waals surface area contributed by atoms with Gasteiger partial charge in [0.15, 0.2) is 11.5 Å². The van der Waals surface area contributed by atoms with Gasteiger partial charge in [-0.25, -0.2) is 4.39 Å². The Labute approximate surface area is 256 Å². The lowest BCUT2D eigenvalue weighted by Gasteiger charge is -2.17. The molecule has 4 aromatic rings. The van der Waals surface area contributed by atoms with Gasteiger partial charge in [-0.2, -0.15) is 0 Å². The number of anilines is 2. The van der Waals surface area contributed by atoms with Gasteiger partial charge in [0.1, 0.15) is 17.3 Å². The Morgan fingerprint density at radius 2 is 1.53 bits per heavy atom. The molecule has 0 bridgehead atoms. The standard InChI is InChI=1S/C18H18N2O3.C14H16FN.2C2H6/c1-19-12-4-6-13(7-5-12)23-16-8-9-20-15-11-18(22-3)17(21-2)10-14(15)16;1-4-14(7-8-14)11(3)16-13-6-5-12(15)9-10(13)2;2*1-2/h4-11,19H,1-3H3;4-6,9,16H,1,3,7-8H2,2H3;2*1-2H3. The summed E-state index contributed by atoms with van der Waals surface area (Å²) >= 11 is 0. The summed E-state index contributed by atoms with van der Waals surface area (Å²) < 4.78 is 29.6. The molecule has 0 saturated heterocycles. The zero-order chi connectivity index (χ0) is 32.0. The normalized spacial score (nSPS) is 12.0. The largest absolute Gasteiger partial charge is 0.493 e. The van der Waals surface area contributed by atoms with Crippen molar-refractivity contribution < 1.29 is 18.6 Å². The van der Waals surface area contributed by atoms with Crippen LogP contribution in [0.4, 0.5) is 15.8 Å². The average Bonchev–Trinajstić information content (AvgIpc) is 3.86. The summed E-state index contributed by atoms with van der Waals surface area (Å²) in [5.41, 5.74) is 4.63. The van der Waals surface area contributed by atoms with Crippen LogP contribution in [0.1, 0.15) is 46.1 Å². The second-order valence-electron chi connectivity index (χ2n) is 9.33. The molecule has 1 aliphatic rings. The van der Waals surface area contributed by atoms with Crippen LogP contribution in [0.3, 0.4) is 0 Å². The molecular weight excluding hydrogens is 541 g/mol. The number of halogens is 1. The molecule has 1 aliphatic carbocycles. The van der Waals surface area contributed by atoms with Crippen LogP contribution in [0.25, 0.3) is 10.9 Å². The van der Waals surface area contributed by atoms with Crippen LogP contribution in [-0.2, 0) is 0 Å². The number of nitrogens with one attached hydrogen (secondary N) is 2. The zero-order valence-electron chi connectivity index (χ0n) is 26.8. The lowest BCUT2D eigenvalue weighted by atomic mass is 10.0. The topological polar surface area (TPSA) is 64.6 Å². The first kappa shape index (κ1) is 34.7. The number of aryl methyl sites for hydroxylation is 1. The van der Waals surface area contributed by atoms with Crippen molar-refractivity contribution in [3.8, 4) is 23.0 Å². The third kappa shape index (κ3) is 8.98. The molecule has 0 unspecified atom stereocenters. The molecule has 0 spiro atoms. The third-order valence-corrected chi connectivity index (χ3v) is 6.83. The van der Waals surface area contributed by atoms with Crippen LogP contribution in [0, 0.1) is 18.2 Å². The van der Waals surface area contributed by atoms with Crippen LogP contribution >= 0.6 is 0 Å². The van der Waals surface area contributed by atoms with Crippen molar-refractivity contribution in [1.82, 2.24) is 4.98 Å². The van der Waals surface area contributed by atoms with E-state index in [-0.39, 0.29) is 11.2 Å². The Balaban J connectivity index is 0.000000283. The van der Waals surface area contributed by atoms with Crippen molar-refractivity contribution in [2.24, 2.45) is 5.41 Å². The van der Waals surface area contributed by atoms with E-state index >= 15 is 0 Å². The molecule has 1 fully saturated rings. The van der Waals surface area contributed by atoms with Crippen molar-refractivity contribution in [2.75, 3.05) is 31.9 Å². The molecule has 1 saturated carbocycles. The average molecular weight is 588 g/mol. The minimum absolute atomic E-state index is 0.0564. The molecule has 6 nitrogen and oxygen atoms in total. The first-order chi connectivity index (χ1) is 20.8. The molecule has 1 heterocycles. The number of methoxy groups -OCH3 is 2. The Hall–Kier alpha value is -4.52. The molecule has 1 aromatic heterocycles. The molecule has 0 aliphatic heterocycles. The fourth-order valence-electron chi connectivity index (χ4n) is 4.17. The van der Waals surface area contributed by atoms with Gasteiger partial charge in [-0.15, -0.1) is 6.58 Å². The fourth-order valence-corrected chi connectivity index (χ4v) is 4.17. The minimum Gasteiger partial charge on any atom is -0.493 e. The Morgan fingerprint density at radius 3 is 2.07 bits per heavy atom. The van der Waals surface area contributed by atoms with E-state index in [1.54, 1.807) is 26.5 Å². The van der Waals surface area contributed by atoms with E-state index < -0.39 is 0 Å². The van der Waals surface area contributed by atoms with Crippen LogP contribution in [-0.4, -0.2) is 26.3 Å². The molecule has 3 aromatic carbocycles. The quantitative estimate of drug-likeness (QED) is 0.190. The number of hydrogen-bond acceptors (Lipinski definition) is 6. The van der Waals surface area contributed by atoms with E-state index in [1.807, 2.05) is 90.2 Å². The van der Waals surface area contributed by atoms with Crippen LogP contribution in [0.2, 0.25) is 0 Å². The van der Waals surface area contributed by atoms with Gasteiger partial charge in [-0.05, 0) is 79.9 Å². The molecule has 0 amide bonds.